The summed E-state index contributed by atoms with van der Waals surface area (Å²) in [5.41, 5.74) is 8.06. The van der Waals surface area contributed by atoms with E-state index in [0.717, 1.165) is 16.9 Å². The number of hydrogen-bond donors (Lipinski definition) is 1. The molecule has 0 amide bonds. The molecular weight excluding hydrogens is 252 g/mol. The molecule has 0 bridgehead atoms. The average molecular weight is 272 g/mol. The largest absolute Gasteiger partial charge is 0.494 e. The van der Waals surface area contributed by atoms with E-state index in [9.17, 15) is 4.79 Å². The van der Waals surface area contributed by atoms with Gasteiger partial charge < -0.3 is 15.0 Å². The first-order valence-electron chi connectivity index (χ1n) is 6.76. The van der Waals surface area contributed by atoms with Gasteiger partial charge in [-0.3, -0.25) is 4.79 Å². The van der Waals surface area contributed by atoms with Gasteiger partial charge >= 0.3 is 0 Å². The Labute approximate surface area is 118 Å². The Hall–Kier alpha value is -2.07. The highest BCUT2D eigenvalue weighted by Crippen LogP contribution is 2.24. The summed E-state index contributed by atoms with van der Waals surface area (Å²) in [6.07, 6.45) is 1.78. The van der Waals surface area contributed by atoms with Crippen LogP contribution >= 0.6 is 0 Å². The lowest BCUT2D eigenvalue weighted by atomic mass is 10.1. The fourth-order valence-corrected chi connectivity index (χ4v) is 2.14. The minimum Gasteiger partial charge on any atom is -0.494 e. The SMILES string of the molecule is CCOc1ccccc1C(N)Cn1ccc(C)cc1=O. The molecular formula is C16H20N2O2. The smallest absolute Gasteiger partial charge is 0.250 e. The van der Waals surface area contributed by atoms with Gasteiger partial charge in [0.2, 0.25) is 0 Å². The van der Waals surface area contributed by atoms with Crippen molar-refractivity contribution in [1.29, 1.82) is 0 Å². The van der Waals surface area contributed by atoms with E-state index in [1.54, 1.807) is 16.8 Å². The van der Waals surface area contributed by atoms with Crippen LogP contribution in [0.5, 0.6) is 5.75 Å². The normalized spacial score (nSPS) is 12.2. The summed E-state index contributed by atoms with van der Waals surface area (Å²) in [6, 6.07) is 10.9. The summed E-state index contributed by atoms with van der Waals surface area (Å²) in [5, 5.41) is 0. The molecule has 2 aromatic rings. The molecule has 0 aliphatic rings. The Morgan fingerprint density at radius 1 is 1.30 bits per heavy atom. The standard InChI is InChI=1S/C16H20N2O2/c1-3-20-15-7-5-4-6-13(15)14(17)11-18-9-8-12(2)10-16(18)19/h4-10,14H,3,11,17H2,1-2H3. The fraction of sp³-hybridized carbons (Fsp3) is 0.312. The molecule has 4 heteroatoms. The van der Waals surface area contributed by atoms with Crippen molar-refractivity contribution in [3.05, 3.63) is 64.1 Å². The molecule has 0 aliphatic heterocycles. The Balaban J connectivity index is 2.23. The zero-order valence-corrected chi connectivity index (χ0v) is 11.9. The minimum absolute atomic E-state index is 0.0330. The van der Waals surface area contributed by atoms with Crippen molar-refractivity contribution in [3.63, 3.8) is 0 Å². The summed E-state index contributed by atoms with van der Waals surface area (Å²) >= 11 is 0. The highest BCUT2D eigenvalue weighted by atomic mass is 16.5. The van der Waals surface area contributed by atoms with Crippen LogP contribution in [0.1, 0.15) is 24.1 Å². The number of ether oxygens (including phenoxy) is 1. The number of para-hydroxylation sites is 1. The number of aryl methyl sites for hydroxylation is 1. The van der Waals surface area contributed by atoms with Crippen LogP contribution in [0.15, 0.2) is 47.4 Å². The van der Waals surface area contributed by atoms with Gasteiger partial charge in [-0.15, -0.1) is 0 Å². The molecule has 1 aromatic carbocycles. The van der Waals surface area contributed by atoms with Crippen molar-refractivity contribution >= 4 is 0 Å². The van der Waals surface area contributed by atoms with Gasteiger partial charge in [0.25, 0.3) is 5.56 Å². The molecule has 4 nitrogen and oxygen atoms in total. The van der Waals surface area contributed by atoms with Crippen molar-refractivity contribution < 1.29 is 4.74 Å². The number of aromatic nitrogens is 1. The van der Waals surface area contributed by atoms with Crippen molar-refractivity contribution in [1.82, 2.24) is 4.57 Å². The van der Waals surface area contributed by atoms with E-state index in [2.05, 4.69) is 0 Å². The van der Waals surface area contributed by atoms with Crippen LogP contribution in [0.2, 0.25) is 0 Å². The van der Waals surface area contributed by atoms with Crippen molar-refractivity contribution in [2.75, 3.05) is 6.61 Å². The van der Waals surface area contributed by atoms with Crippen LogP contribution in [-0.4, -0.2) is 11.2 Å². The van der Waals surface area contributed by atoms with Crippen LogP contribution in [0, 0.1) is 6.92 Å². The molecule has 0 saturated carbocycles. The number of hydrogen-bond acceptors (Lipinski definition) is 3. The zero-order chi connectivity index (χ0) is 14.5. The lowest BCUT2D eigenvalue weighted by Crippen LogP contribution is -2.26. The van der Waals surface area contributed by atoms with Crippen LogP contribution in [0.3, 0.4) is 0 Å². The molecule has 1 unspecified atom stereocenters. The molecule has 0 spiro atoms. The lowest BCUT2D eigenvalue weighted by molar-refractivity contribution is 0.332. The molecule has 106 valence electrons. The molecule has 0 radical (unpaired) electrons. The van der Waals surface area contributed by atoms with Gasteiger partial charge in [-0.1, -0.05) is 18.2 Å². The third-order valence-electron chi connectivity index (χ3n) is 3.16. The van der Waals surface area contributed by atoms with E-state index in [-0.39, 0.29) is 11.6 Å². The van der Waals surface area contributed by atoms with Gasteiger partial charge in [0.15, 0.2) is 0 Å². The molecule has 0 aliphatic carbocycles. The topological polar surface area (TPSA) is 57.2 Å². The van der Waals surface area contributed by atoms with Crippen molar-refractivity contribution in [2.45, 2.75) is 26.4 Å². The van der Waals surface area contributed by atoms with Crippen LogP contribution in [-0.2, 0) is 6.54 Å². The number of pyridine rings is 1. The quantitative estimate of drug-likeness (QED) is 0.908. The van der Waals surface area contributed by atoms with Gasteiger partial charge in [-0.25, -0.2) is 0 Å². The summed E-state index contributed by atoms with van der Waals surface area (Å²) in [5.74, 6) is 0.780. The molecule has 0 fully saturated rings. The number of nitrogens with two attached hydrogens (primary N) is 1. The van der Waals surface area contributed by atoms with E-state index in [1.165, 1.54) is 0 Å². The molecule has 2 rings (SSSR count). The monoisotopic (exact) mass is 272 g/mol. The maximum absolute atomic E-state index is 11.9. The van der Waals surface area contributed by atoms with E-state index in [4.69, 9.17) is 10.5 Å². The Kier molecular flexibility index (Phi) is 4.58. The van der Waals surface area contributed by atoms with Gasteiger partial charge in [0, 0.05) is 24.4 Å². The Bertz CT molecular complexity index is 634. The Morgan fingerprint density at radius 2 is 2.05 bits per heavy atom. The van der Waals surface area contributed by atoms with Gasteiger partial charge in [-0.2, -0.15) is 0 Å². The third-order valence-corrected chi connectivity index (χ3v) is 3.16. The van der Waals surface area contributed by atoms with E-state index < -0.39 is 0 Å². The van der Waals surface area contributed by atoms with Crippen LogP contribution in [0.4, 0.5) is 0 Å². The van der Waals surface area contributed by atoms with Crippen molar-refractivity contribution in [2.24, 2.45) is 5.73 Å². The zero-order valence-electron chi connectivity index (χ0n) is 11.9. The third kappa shape index (κ3) is 3.27. The predicted octanol–water partition coefficient (Wildman–Crippen LogP) is 2.26. The number of benzene rings is 1. The summed E-state index contributed by atoms with van der Waals surface area (Å²) in [7, 11) is 0. The fourth-order valence-electron chi connectivity index (χ4n) is 2.14. The highest BCUT2D eigenvalue weighted by Gasteiger charge is 2.12. The van der Waals surface area contributed by atoms with Crippen LogP contribution in [0.25, 0.3) is 0 Å². The van der Waals surface area contributed by atoms with Gasteiger partial charge in [-0.05, 0) is 31.5 Å². The lowest BCUT2D eigenvalue weighted by Gasteiger charge is -2.17. The Morgan fingerprint density at radius 3 is 2.75 bits per heavy atom. The molecule has 1 atom stereocenters. The van der Waals surface area contributed by atoms with Gasteiger partial charge in [0.1, 0.15) is 5.75 Å². The predicted molar refractivity (Wildman–Crippen MR) is 80.0 cm³/mol. The first kappa shape index (κ1) is 14.3. The first-order valence-corrected chi connectivity index (χ1v) is 6.76. The van der Waals surface area contributed by atoms with Gasteiger partial charge in [0.05, 0.1) is 12.6 Å². The summed E-state index contributed by atoms with van der Waals surface area (Å²) in [4.78, 5) is 11.9. The van der Waals surface area contributed by atoms with Crippen molar-refractivity contribution in [3.8, 4) is 5.75 Å². The van der Waals surface area contributed by atoms with Crippen LogP contribution < -0.4 is 16.0 Å². The number of nitrogens with zero attached hydrogens (tertiary/aromatic N) is 1. The van der Waals surface area contributed by atoms with E-state index in [1.807, 2.05) is 44.2 Å². The maximum atomic E-state index is 11.9. The molecule has 1 heterocycles. The average Bonchev–Trinajstić information content (AvgIpc) is 2.43. The molecule has 20 heavy (non-hydrogen) atoms. The second kappa shape index (κ2) is 6.39. The molecule has 0 saturated heterocycles. The molecule has 2 N–H and O–H groups in total. The second-order valence-electron chi connectivity index (χ2n) is 4.77. The number of rotatable bonds is 5. The maximum Gasteiger partial charge on any atom is 0.250 e. The summed E-state index contributed by atoms with van der Waals surface area (Å²) < 4.78 is 7.20. The highest BCUT2D eigenvalue weighted by molar-refractivity contribution is 5.35. The second-order valence-corrected chi connectivity index (χ2v) is 4.77. The van der Waals surface area contributed by atoms with E-state index >= 15 is 0 Å². The first-order chi connectivity index (χ1) is 9.61. The summed E-state index contributed by atoms with van der Waals surface area (Å²) in [6.45, 7) is 4.86. The van der Waals surface area contributed by atoms with E-state index in [0.29, 0.717) is 13.2 Å². The minimum atomic E-state index is -0.279. The molecule has 1 aromatic heterocycles.